The lowest BCUT2D eigenvalue weighted by Crippen LogP contribution is -2.31. The van der Waals surface area contributed by atoms with Gasteiger partial charge in [-0.15, -0.1) is 0 Å². The monoisotopic (exact) mass is 351 g/mol. The summed E-state index contributed by atoms with van der Waals surface area (Å²) in [6.07, 6.45) is 2.31. The van der Waals surface area contributed by atoms with E-state index in [-0.39, 0.29) is 11.9 Å². The Morgan fingerprint density at radius 3 is 2.65 bits per heavy atom. The molecular formula is C20H25N5O. The van der Waals surface area contributed by atoms with Gasteiger partial charge in [0.05, 0.1) is 17.1 Å². The van der Waals surface area contributed by atoms with Crippen molar-refractivity contribution in [3.8, 4) is 0 Å². The Morgan fingerprint density at radius 2 is 2.00 bits per heavy atom. The minimum absolute atomic E-state index is 0.111. The summed E-state index contributed by atoms with van der Waals surface area (Å²) in [6.45, 7) is 8.18. The van der Waals surface area contributed by atoms with Crippen LogP contribution in [0.5, 0.6) is 0 Å². The number of hydrogen-bond acceptors (Lipinski definition) is 4. The Morgan fingerprint density at radius 1 is 1.23 bits per heavy atom. The number of hydrogen-bond donors (Lipinski definition) is 1. The molecule has 1 atom stereocenters. The number of pyridine rings is 1. The van der Waals surface area contributed by atoms with E-state index in [1.807, 2.05) is 45.2 Å². The van der Waals surface area contributed by atoms with Crippen LogP contribution in [0.3, 0.4) is 0 Å². The number of aryl methyl sites for hydroxylation is 3. The third kappa shape index (κ3) is 3.74. The fraction of sp³-hybridized carbons (Fsp3) is 0.400. The maximum Gasteiger partial charge on any atom is 0.252 e. The fourth-order valence-electron chi connectivity index (χ4n) is 3.22. The number of carbonyl (C=O) groups excluding carboxylic acids is 1. The van der Waals surface area contributed by atoms with Crippen LogP contribution in [0, 0.1) is 19.8 Å². The average Bonchev–Trinajstić information content (AvgIpc) is 2.99. The maximum absolute atomic E-state index is 13.1. The Balaban J connectivity index is 1.99. The Labute approximate surface area is 153 Å². The second-order valence-electron chi connectivity index (χ2n) is 7.23. The lowest BCUT2D eigenvalue weighted by atomic mass is 10.0. The molecule has 0 spiro atoms. The molecule has 0 saturated heterocycles. The van der Waals surface area contributed by atoms with Gasteiger partial charge in [0.15, 0.2) is 0 Å². The van der Waals surface area contributed by atoms with E-state index >= 15 is 0 Å². The molecule has 26 heavy (non-hydrogen) atoms. The number of nitrogens with one attached hydrogen (secondary N) is 1. The quantitative estimate of drug-likeness (QED) is 0.763. The first-order valence-electron chi connectivity index (χ1n) is 8.88. The van der Waals surface area contributed by atoms with E-state index < -0.39 is 0 Å². The van der Waals surface area contributed by atoms with Gasteiger partial charge in [0.1, 0.15) is 12.2 Å². The van der Waals surface area contributed by atoms with E-state index in [2.05, 4.69) is 34.2 Å². The van der Waals surface area contributed by atoms with Crippen LogP contribution in [-0.2, 0) is 7.05 Å². The van der Waals surface area contributed by atoms with Crippen molar-refractivity contribution in [2.75, 3.05) is 0 Å². The summed E-state index contributed by atoms with van der Waals surface area (Å²) in [5, 5.41) is 8.17. The molecule has 1 N–H and O–H groups in total. The standard InChI is InChI=1S/C20H25N5O/c1-12(2)8-18(19-21-11-22-25(19)5)24-20(26)16-10-14(4)23-17-7-6-13(3)9-15(16)17/h6-7,9-12,18H,8H2,1-5H3,(H,24,26). The Kier molecular flexibility index (Phi) is 5.02. The van der Waals surface area contributed by atoms with Crippen LogP contribution in [0.25, 0.3) is 10.9 Å². The normalized spacial score (nSPS) is 12.5. The van der Waals surface area contributed by atoms with Gasteiger partial charge in [-0.2, -0.15) is 5.10 Å². The van der Waals surface area contributed by atoms with Gasteiger partial charge in [-0.1, -0.05) is 25.5 Å². The highest BCUT2D eigenvalue weighted by atomic mass is 16.1. The summed E-state index contributed by atoms with van der Waals surface area (Å²) in [5.41, 5.74) is 3.40. The van der Waals surface area contributed by atoms with Crippen molar-refractivity contribution >= 4 is 16.8 Å². The van der Waals surface area contributed by atoms with Gasteiger partial charge in [0, 0.05) is 18.1 Å². The van der Waals surface area contributed by atoms with Crippen LogP contribution in [-0.4, -0.2) is 25.7 Å². The lowest BCUT2D eigenvalue weighted by Gasteiger charge is -2.20. The largest absolute Gasteiger partial charge is 0.342 e. The minimum atomic E-state index is -0.191. The van der Waals surface area contributed by atoms with E-state index in [1.54, 1.807) is 4.68 Å². The molecule has 2 aromatic heterocycles. The van der Waals surface area contributed by atoms with E-state index in [1.165, 1.54) is 6.33 Å². The van der Waals surface area contributed by atoms with Crippen LogP contribution in [0.2, 0.25) is 0 Å². The number of benzene rings is 1. The summed E-state index contributed by atoms with van der Waals surface area (Å²) in [6, 6.07) is 7.64. The zero-order chi connectivity index (χ0) is 18.8. The number of amides is 1. The van der Waals surface area contributed by atoms with Crippen LogP contribution < -0.4 is 5.32 Å². The molecule has 6 heteroatoms. The van der Waals surface area contributed by atoms with Crippen molar-refractivity contribution in [3.05, 3.63) is 53.2 Å². The molecule has 136 valence electrons. The molecule has 0 radical (unpaired) electrons. The van der Waals surface area contributed by atoms with E-state index in [9.17, 15) is 4.79 Å². The van der Waals surface area contributed by atoms with Gasteiger partial charge >= 0.3 is 0 Å². The number of carbonyl (C=O) groups is 1. The molecule has 0 aliphatic rings. The van der Waals surface area contributed by atoms with E-state index in [0.29, 0.717) is 11.5 Å². The van der Waals surface area contributed by atoms with Crippen molar-refractivity contribution in [2.24, 2.45) is 13.0 Å². The molecule has 0 aliphatic carbocycles. The fourth-order valence-corrected chi connectivity index (χ4v) is 3.22. The van der Waals surface area contributed by atoms with Crippen LogP contribution in [0.15, 0.2) is 30.6 Å². The van der Waals surface area contributed by atoms with Crippen molar-refractivity contribution < 1.29 is 4.79 Å². The van der Waals surface area contributed by atoms with Crippen molar-refractivity contribution in [1.29, 1.82) is 0 Å². The average molecular weight is 351 g/mol. The highest BCUT2D eigenvalue weighted by Crippen LogP contribution is 2.23. The third-order valence-corrected chi connectivity index (χ3v) is 4.41. The predicted molar refractivity (Wildman–Crippen MR) is 102 cm³/mol. The molecule has 1 amide bonds. The van der Waals surface area contributed by atoms with Crippen molar-refractivity contribution in [3.63, 3.8) is 0 Å². The van der Waals surface area contributed by atoms with Gasteiger partial charge in [0.2, 0.25) is 0 Å². The Bertz CT molecular complexity index is 945. The van der Waals surface area contributed by atoms with E-state index in [4.69, 9.17) is 0 Å². The molecule has 1 unspecified atom stereocenters. The first-order chi connectivity index (χ1) is 12.3. The van der Waals surface area contributed by atoms with Gasteiger partial charge in [-0.05, 0) is 44.4 Å². The van der Waals surface area contributed by atoms with Gasteiger partial charge in [-0.3, -0.25) is 14.5 Å². The van der Waals surface area contributed by atoms with Crippen molar-refractivity contribution in [1.82, 2.24) is 25.1 Å². The first-order valence-corrected chi connectivity index (χ1v) is 8.88. The summed E-state index contributed by atoms with van der Waals surface area (Å²) in [5.74, 6) is 1.06. The van der Waals surface area contributed by atoms with Gasteiger partial charge < -0.3 is 5.32 Å². The summed E-state index contributed by atoms with van der Waals surface area (Å²) < 4.78 is 1.72. The maximum atomic E-state index is 13.1. The Hall–Kier alpha value is -2.76. The van der Waals surface area contributed by atoms with Crippen LogP contribution >= 0.6 is 0 Å². The summed E-state index contributed by atoms with van der Waals surface area (Å²) >= 11 is 0. The molecular weight excluding hydrogens is 326 g/mol. The zero-order valence-electron chi connectivity index (χ0n) is 15.9. The summed E-state index contributed by atoms with van der Waals surface area (Å²) in [4.78, 5) is 22.0. The molecule has 3 rings (SSSR count). The highest BCUT2D eigenvalue weighted by molar-refractivity contribution is 6.06. The van der Waals surface area contributed by atoms with E-state index in [0.717, 1.165) is 34.4 Å². The second-order valence-corrected chi connectivity index (χ2v) is 7.23. The van der Waals surface area contributed by atoms with Crippen LogP contribution in [0.1, 0.15) is 53.7 Å². The molecule has 0 aliphatic heterocycles. The smallest absolute Gasteiger partial charge is 0.252 e. The number of rotatable bonds is 5. The SMILES string of the molecule is Cc1ccc2nc(C)cc(C(=O)NC(CC(C)C)c3ncnn3C)c2c1. The number of fused-ring (bicyclic) bond motifs is 1. The highest BCUT2D eigenvalue weighted by Gasteiger charge is 2.22. The number of aromatic nitrogens is 4. The molecule has 1 aromatic carbocycles. The van der Waals surface area contributed by atoms with Gasteiger partial charge in [-0.25, -0.2) is 4.98 Å². The zero-order valence-corrected chi connectivity index (χ0v) is 15.9. The third-order valence-electron chi connectivity index (χ3n) is 4.41. The van der Waals surface area contributed by atoms with Crippen LogP contribution in [0.4, 0.5) is 0 Å². The molecule has 0 fully saturated rings. The molecule has 6 nitrogen and oxygen atoms in total. The minimum Gasteiger partial charge on any atom is -0.342 e. The molecule has 3 aromatic rings. The van der Waals surface area contributed by atoms with Gasteiger partial charge in [0.25, 0.3) is 5.91 Å². The molecule has 0 saturated carbocycles. The molecule has 0 bridgehead atoms. The summed E-state index contributed by atoms with van der Waals surface area (Å²) in [7, 11) is 1.84. The lowest BCUT2D eigenvalue weighted by molar-refractivity contribution is 0.0930. The topological polar surface area (TPSA) is 72.7 Å². The molecule has 2 heterocycles. The second kappa shape index (κ2) is 7.23. The first kappa shape index (κ1) is 18.0. The number of nitrogens with zero attached hydrogens (tertiary/aromatic N) is 4. The van der Waals surface area contributed by atoms with Crippen molar-refractivity contribution in [2.45, 2.75) is 40.2 Å². The predicted octanol–water partition coefficient (Wildman–Crippen LogP) is 3.50.